The first-order valence-electron chi connectivity index (χ1n) is 7.45. The second kappa shape index (κ2) is 4.93. The SMILES string of the molecule is CC1(C)C2NNC(c3cc4ccccc4s3)C2CN1C(=O)Cl. The standard InChI is InChI=1S/C16H18ClN3OS/c1-16(2)14-10(8-20(16)15(17)21)13(18-19-14)12-7-9-5-3-4-6-11(9)22-12/h3-7,10,13-14,18-19H,8H2,1-2H3. The number of hydrogen-bond donors (Lipinski definition) is 2. The van der Waals surface area contributed by atoms with Crippen molar-refractivity contribution in [1.82, 2.24) is 15.8 Å². The quantitative estimate of drug-likeness (QED) is 0.619. The van der Waals surface area contributed by atoms with Gasteiger partial charge in [0.25, 0.3) is 0 Å². The van der Waals surface area contributed by atoms with E-state index in [4.69, 9.17) is 11.6 Å². The number of carbonyl (C=O) groups is 1. The fourth-order valence-electron chi connectivity index (χ4n) is 3.85. The highest BCUT2D eigenvalue weighted by molar-refractivity contribution is 7.19. The number of halogens is 1. The molecular weight excluding hydrogens is 318 g/mol. The van der Waals surface area contributed by atoms with E-state index in [1.807, 2.05) is 11.3 Å². The van der Waals surface area contributed by atoms with Gasteiger partial charge in [-0.3, -0.25) is 10.2 Å². The highest BCUT2D eigenvalue weighted by atomic mass is 35.5. The van der Waals surface area contributed by atoms with E-state index in [-0.39, 0.29) is 23.0 Å². The van der Waals surface area contributed by atoms with Crippen LogP contribution in [0.4, 0.5) is 4.79 Å². The highest BCUT2D eigenvalue weighted by Crippen LogP contribution is 2.45. The molecule has 1 aromatic heterocycles. The van der Waals surface area contributed by atoms with E-state index in [0.29, 0.717) is 12.5 Å². The minimum Gasteiger partial charge on any atom is -0.322 e. The van der Waals surface area contributed by atoms with Gasteiger partial charge in [0.15, 0.2) is 0 Å². The molecule has 2 fully saturated rings. The van der Waals surface area contributed by atoms with E-state index < -0.39 is 0 Å². The molecule has 2 aliphatic heterocycles. The van der Waals surface area contributed by atoms with Crippen molar-refractivity contribution in [3.8, 4) is 0 Å². The van der Waals surface area contributed by atoms with Crippen LogP contribution in [0.25, 0.3) is 10.1 Å². The summed E-state index contributed by atoms with van der Waals surface area (Å²) in [7, 11) is 0. The third-order valence-corrected chi connectivity index (χ3v) is 6.47. The Morgan fingerprint density at radius 3 is 2.86 bits per heavy atom. The van der Waals surface area contributed by atoms with Gasteiger partial charge in [0, 0.05) is 22.0 Å². The summed E-state index contributed by atoms with van der Waals surface area (Å²) in [4.78, 5) is 14.8. The zero-order chi connectivity index (χ0) is 15.5. The molecule has 3 atom stereocenters. The molecule has 4 nitrogen and oxygen atoms in total. The van der Waals surface area contributed by atoms with Gasteiger partial charge in [-0.05, 0) is 43.0 Å². The van der Waals surface area contributed by atoms with E-state index in [2.05, 4.69) is 55.0 Å². The first kappa shape index (κ1) is 14.5. The van der Waals surface area contributed by atoms with E-state index >= 15 is 0 Å². The van der Waals surface area contributed by atoms with Crippen molar-refractivity contribution in [1.29, 1.82) is 0 Å². The molecule has 2 aromatic rings. The summed E-state index contributed by atoms with van der Waals surface area (Å²) in [6.45, 7) is 4.82. The summed E-state index contributed by atoms with van der Waals surface area (Å²) >= 11 is 7.59. The van der Waals surface area contributed by atoms with Crippen LogP contribution in [0.1, 0.15) is 24.8 Å². The first-order chi connectivity index (χ1) is 10.5. The van der Waals surface area contributed by atoms with Gasteiger partial charge in [0.05, 0.1) is 17.6 Å². The van der Waals surface area contributed by atoms with Crippen molar-refractivity contribution in [2.75, 3.05) is 6.54 Å². The zero-order valence-corrected chi connectivity index (χ0v) is 14.0. The van der Waals surface area contributed by atoms with Crippen LogP contribution in [-0.4, -0.2) is 28.4 Å². The largest absolute Gasteiger partial charge is 0.322 e. The molecule has 3 heterocycles. The van der Waals surface area contributed by atoms with Crippen molar-refractivity contribution in [3.63, 3.8) is 0 Å². The van der Waals surface area contributed by atoms with Gasteiger partial charge in [0.1, 0.15) is 0 Å². The minimum absolute atomic E-state index is 0.199. The van der Waals surface area contributed by atoms with Crippen LogP contribution in [0.5, 0.6) is 0 Å². The van der Waals surface area contributed by atoms with Crippen LogP contribution in [0.15, 0.2) is 30.3 Å². The maximum absolute atomic E-state index is 11.7. The Balaban J connectivity index is 1.69. The average molecular weight is 336 g/mol. The van der Waals surface area contributed by atoms with E-state index in [1.165, 1.54) is 15.0 Å². The Bertz CT molecular complexity index is 711. The molecule has 2 saturated heterocycles. The maximum Gasteiger partial charge on any atom is 0.316 e. The summed E-state index contributed by atoms with van der Waals surface area (Å²) in [5.41, 5.74) is 6.53. The number of amides is 1. The first-order valence-corrected chi connectivity index (χ1v) is 8.64. The summed E-state index contributed by atoms with van der Waals surface area (Å²) < 4.78 is 1.30. The van der Waals surface area contributed by atoms with Crippen LogP contribution < -0.4 is 10.9 Å². The molecule has 0 radical (unpaired) electrons. The molecule has 0 spiro atoms. The molecule has 0 saturated carbocycles. The van der Waals surface area contributed by atoms with Crippen LogP contribution in [-0.2, 0) is 0 Å². The lowest BCUT2D eigenvalue weighted by molar-refractivity contribution is 0.170. The maximum atomic E-state index is 11.7. The third kappa shape index (κ3) is 2.00. The van der Waals surface area contributed by atoms with Crippen molar-refractivity contribution < 1.29 is 4.79 Å². The summed E-state index contributed by atoms with van der Waals surface area (Å²) in [6.07, 6.45) is 0. The monoisotopic (exact) mass is 335 g/mol. The summed E-state index contributed by atoms with van der Waals surface area (Å²) in [5, 5.41) is 0.909. The predicted octanol–water partition coefficient (Wildman–Crippen LogP) is 3.49. The van der Waals surface area contributed by atoms with E-state index in [0.717, 1.165) is 0 Å². The summed E-state index contributed by atoms with van der Waals surface area (Å²) in [5.74, 6) is 0.325. The Morgan fingerprint density at radius 1 is 1.36 bits per heavy atom. The predicted molar refractivity (Wildman–Crippen MR) is 90.1 cm³/mol. The number of nitrogens with one attached hydrogen (secondary N) is 2. The number of thiophene rings is 1. The number of rotatable bonds is 1. The van der Waals surface area contributed by atoms with Crippen LogP contribution in [0.3, 0.4) is 0 Å². The topological polar surface area (TPSA) is 44.4 Å². The van der Waals surface area contributed by atoms with Crippen LogP contribution in [0.2, 0.25) is 0 Å². The Hall–Kier alpha value is -1.14. The minimum atomic E-state index is -0.365. The van der Waals surface area contributed by atoms with Crippen LogP contribution >= 0.6 is 22.9 Å². The zero-order valence-electron chi connectivity index (χ0n) is 12.5. The second-order valence-electron chi connectivity index (χ2n) is 6.61. The van der Waals surface area contributed by atoms with Gasteiger partial charge in [0.2, 0.25) is 0 Å². The number of nitrogens with zero attached hydrogens (tertiary/aromatic N) is 1. The molecule has 0 bridgehead atoms. The highest BCUT2D eigenvalue weighted by Gasteiger charge is 2.55. The molecule has 1 aromatic carbocycles. The van der Waals surface area contributed by atoms with Gasteiger partial charge >= 0.3 is 5.37 Å². The average Bonchev–Trinajstić information content (AvgIpc) is 3.12. The molecule has 3 unspecified atom stereocenters. The molecule has 4 rings (SSSR count). The van der Waals surface area contributed by atoms with Gasteiger partial charge in [-0.1, -0.05) is 18.2 Å². The lowest BCUT2D eigenvalue weighted by Crippen LogP contribution is -2.52. The van der Waals surface area contributed by atoms with E-state index in [9.17, 15) is 4.79 Å². The molecule has 1 amide bonds. The lowest BCUT2D eigenvalue weighted by atomic mass is 9.87. The Kier molecular flexibility index (Phi) is 3.24. The van der Waals surface area contributed by atoms with Crippen molar-refractivity contribution >= 4 is 38.4 Å². The van der Waals surface area contributed by atoms with Crippen molar-refractivity contribution in [2.45, 2.75) is 31.5 Å². The molecule has 22 heavy (non-hydrogen) atoms. The van der Waals surface area contributed by atoms with Crippen molar-refractivity contribution in [2.24, 2.45) is 5.92 Å². The second-order valence-corrected chi connectivity index (χ2v) is 8.05. The normalized spacial score (nSPS) is 30.0. The summed E-state index contributed by atoms with van der Waals surface area (Å²) in [6, 6.07) is 11.1. The lowest BCUT2D eigenvalue weighted by Gasteiger charge is -2.33. The van der Waals surface area contributed by atoms with Gasteiger partial charge < -0.3 is 4.90 Å². The molecule has 0 aliphatic carbocycles. The van der Waals surface area contributed by atoms with Gasteiger partial charge in [-0.15, -0.1) is 11.3 Å². The number of benzene rings is 1. The number of hydrogen-bond acceptors (Lipinski definition) is 4. The molecule has 2 aliphatic rings. The van der Waals surface area contributed by atoms with Crippen molar-refractivity contribution in [3.05, 3.63) is 35.2 Å². The Morgan fingerprint density at radius 2 is 2.14 bits per heavy atom. The number of hydrazine groups is 1. The fraction of sp³-hybridized carbons (Fsp3) is 0.438. The molecular formula is C16H18ClN3OS. The van der Waals surface area contributed by atoms with Gasteiger partial charge in [-0.2, -0.15) is 0 Å². The fourth-order valence-corrected chi connectivity index (χ4v) is 5.33. The third-order valence-electron chi connectivity index (χ3n) is 5.06. The smallest absolute Gasteiger partial charge is 0.316 e. The number of fused-ring (bicyclic) bond motifs is 2. The van der Waals surface area contributed by atoms with E-state index in [1.54, 1.807) is 4.90 Å². The Labute approximate surface area is 138 Å². The van der Waals surface area contributed by atoms with Crippen LogP contribution in [0, 0.1) is 5.92 Å². The molecule has 116 valence electrons. The number of likely N-dealkylation sites (tertiary alicyclic amines) is 1. The van der Waals surface area contributed by atoms with Gasteiger partial charge in [-0.25, -0.2) is 5.43 Å². The molecule has 2 N–H and O–H groups in total. The molecule has 6 heteroatoms. The number of carbonyl (C=O) groups excluding carboxylic acids is 1.